The molecule has 0 aromatic heterocycles. The van der Waals surface area contributed by atoms with Crippen molar-refractivity contribution in [1.29, 1.82) is 0 Å². The molecule has 0 heterocycles. The van der Waals surface area contributed by atoms with Crippen molar-refractivity contribution in [2.45, 2.75) is 33.3 Å². The predicted molar refractivity (Wildman–Crippen MR) is 100 cm³/mol. The molecular formula is C21H27NO3. The Morgan fingerprint density at radius 1 is 1.12 bits per heavy atom. The lowest BCUT2D eigenvalue weighted by atomic mass is 10.1. The molecule has 0 unspecified atom stereocenters. The summed E-state index contributed by atoms with van der Waals surface area (Å²) in [6.45, 7) is 6.46. The number of rotatable bonds is 8. The molecule has 2 rings (SSSR count). The van der Waals surface area contributed by atoms with E-state index in [1.165, 1.54) is 0 Å². The standard InChI is InChI=1S/C21H27NO3/c1-15(2)21(23)24-18-10-11-19(16(3)14-18)25-20(12-13-22-4)17-8-6-5-7-9-17/h5-11,14-15,20,22H,12-13H2,1-4H3/t20-/m1/s1. The third kappa shape index (κ3) is 5.61. The minimum absolute atomic E-state index is 0.0311. The van der Waals surface area contributed by atoms with E-state index in [2.05, 4.69) is 17.4 Å². The first-order chi connectivity index (χ1) is 12.0. The largest absolute Gasteiger partial charge is 0.485 e. The molecule has 0 saturated carbocycles. The molecule has 0 aliphatic carbocycles. The van der Waals surface area contributed by atoms with Gasteiger partial charge in [0.2, 0.25) is 0 Å². The lowest BCUT2D eigenvalue weighted by Crippen LogP contribution is -2.17. The van der Waals surface area contributed by atoms with Gasteiger partial charge in [0, 0.05) is 6.42 Å². The van der Waals surface area contributed by atoms with Crippen LogP contribution in [0.3, 0.4) is 0 Å². The Hall–Kier alpha value is -2.33. The number of hydrogen-bond donors (Lipinski definition) is 1. The van der Waals surface area contributed by atoms with Gasteiger partial charge in [-0.1, -0.05) is 44.2 Å². The summed E-state index contributed by atoms with van der Waals surface area (Å²) >= 11 is 0. The fraction of sp³-hybridized carbons (Fsp3) is 0.381. The first-order valence-corrected chi connectivity index (χ1v) is 8.69. The molecule has 134 valence electrons. The van der Waals surface area contributed by atoms with E-state index in [-0.39, 0.29) is 18.0 Å². The molecule has 0 fully saturated rings. The lowest BCUT2D eigenvalue weighted by molar-refractivity contribution is -0.137. The van der Waals surface area contributed by atoms with Gasteiger partial charge in [-0.25, -0.2) is 0 Å². The first-order valence-electron chi connectivity index (χ1n) is 8.69. The number of hydrogen-bond acceptors (Lipinski definition) is 4. The molecule has 0 amide bonds. The van der Waals surface area contributed by atoms with E-state index in [9.17, 15) is 4.79 Å². The zero-order valence-electron chi connectivity index (χ0n) is 15.4. The molecule has 0 radical (unpaired) electrons. The van der Waals surface area contributed by atoms with Crippen LogP contribution in [0.25, 0.3) is 0 Å². The van der Waals surface area contributed by atoms with E-state index >= 15 is 0 Å². The molecule has 4 heteroatoms. The number of esters is 1. The molecule has 0 spiro atoms. The van der Waals surface area contributed by atoms with Gasteiger partial charge in [0.25, 0.3) is 0 Å². The fourth-order valence-electron chi connectivity index (χ4n) is 2.44. The van der Waals surface area contributed by atoms with Gasteiger partial charge < -0.3 is 14.8 Å². The van der Waals surface area contributed by atoms with Crippen molar-refractivity contribution in [3.05, 3.63) is 59.7 Å². The lowest BCUT2D eigenvalue weighted by Gasteiger charge is -2.21. The average Bonchev–Trinajstić information content (AvgIpc) is 2.61. The van der Waals surface area contributed by atoms with Gasteiger partial charge in [0.05, 0.1) is 5.92 Å². The number of nitrogens with one attached hydrogen (secondary N) is 1. The number of benzene rings is 2. The van der Waals surface area contributed by atoms with Gasteiger partial charge in [-0.05, 0) is 49.8 Å². The number of aryl methyl sites for hydroxylation is 1. The van der Waals surface area contributed by atoms with Crippen molar-refractivity contribution < 1.29 is 14.3 Å². The fourth-order valence-corrected chi connectivity index (χ4v) is 2.44. The van der Waals surface area contributed by atoms with Crippen molar-refractivity contribution in [2.24, 2.45) is 5.92 Å². The highest BCUT2D eigenvalue weighted by atomic mass is 16.5. The van der Waals surface area contributed by atoms with E-state index in [0.29, 0.717) is 5.75 Å². The summed E-state index contributed by atoms with van der Waals surface area (Å²) in [6, 6.07) is 15.7. The van der Waals surface area contributed by atoms with E-state index in [4.69, 9.17) is 9.47 Å². The molecular weight excluding hydrogens is 314 g/mol. The Balaban J connectivity index is 2.14. The van der Waals surface area contributed by atoms with Crippen molar-refractivity contribution >= 4 is 5.97 Å². The van der Waals surface area contributed by atoms with Crippen LogP contribution in [-0.2, 0) is 4.79 Å². The Labute approximate surface area is 150 Å². The number of carbonyl (C=O) groups excluding carboxylic acids is 1. The van der Waals surface area contributed by atoms with Gasteiger partial charge >= 0.3 is 5.97 Å². The third-order valence-electron chi connectivity index (χ3n) is 3.93. The summed E-state index contributed by atoms with van der Waals surface area (Å²) in [5, 5.41) is 3.17. The Morgan fingerprint density at radius 3 is 2.44 bits per heavy atom. The van der Waals surface area contributed by atoms with Crippen LogP contribution in [0.15, 0.2) is 48.5 Å². The van der Waals surface area contributed by atoms with Crippen LogP contribution in [0, 0.1) is 12.8 Å². The highest BCUT2D eigenvalue weighted by Crippen LogP contribution is 2.30. The maximum absolute atomic E-state index is 11.7. The Kier molecular flexibility index (Phi) is 7.02. The summed E-state index contributed by atoms with van der Waals surface area (Å²) in [6.07, 6.45) is 0.834. The van der Waals surface area contributed by atoms with Crippen molar-refractivity contribution in [3.63, 3.8) is 0 Å². The Morgan fingerprint density at radius 2 is 1.84 bits per heavy atom. The molecule has 1 atom stereocenters. The molecule has 25 heavy (non-hydrogen) atoms. The molecule has 2 aromatic rings. The molecule has 0 aliphatic heterocycles. The third-order valence-corrected chi connectivity index (χ3v) is 3.93. The zero-order valence-corrected chi connectivity index (χ0v) is 15.4. The molecule has 2 aromatic carbocycles. The zero-order chi connectivity index (χ0) is 18.2. The summed E-state index contributed by atoms with van der Waals surface area (Å²) in [7, 11) is 1.94. The second-order valence-electron chi connectivity index (χ2n) is 6.41. The number of ether oxygens (including phenoxy) is 2. The van der Waals surface area contributed by atoms with Crippen LogP contribution in [0.5, 0.6) is 11.5 Å². The number of carbonyl (C=O) groups is 1. The van der Waals surface area contributed by atoms with Crippen molar-refractivity contribution in [1.82, 2.24) is 5.32 Å². The van der Waals surface area contributed by atoms with Crippen LogP contribution < -0.4 is 14.8 Å². The SMILES string of the molecule is CNCC[C@@H](Oc1ccc(OC(=O)C(C)C)cc1C)c1ccccc1. The van der Waals surface area contributed by atoms with Crippen LogP contribution in [-0.4, -0.2) is 19.6 Å². The van der Waals surface area contributed by atoms with Gasteiger partial charge in [0.1, 0.15) is 17.6 Å². The molecule has 1 N–H and O–H groups in total. The van der Waals surface area contributed by atoms with Crippen molar-refractivity contribution in [3.8, 4) is 11.5 Å². The van der Waals surface area contributed by atoms with E-state index < -0.39 is 0 Å². The van der Waals surface area contributed by atoms with Gasteiger partial charge in [-0.2, -0.15) is 0 Å². The predicted octanol–water partition coefficient (Wildman–Crippen LogP) is 4.29. The normalized spacial score (nSPS) is 12.0. The average molecular weight is 341 g/mol. The monoisotopic (exact) mass is 341 g/mol. The Bertz CT molecular complexity index is 683. The maximum atomic E-state index is 11.7. The van der Waals surface area contributed by atoms with Crippen LogP contribution >= 0.6 is 0 Å². The highest BCUT2D eigenvalue weighted by molar-refractivity contribution is 5.74. The quantitative estimate of drug-likeness (QED) is 0.575. The maximum Gasteiger partial charge on any atom is 0.313 e. The first kappa shape index (κ1) is 19.0. The van der Waals surface area contributed by atoms with Gasteiger partial charge in [-0.15, -0.1) is 0 Å². The van der Waals surface area contributed by atoms with Gasteiger partial charge in [-0.3, -0.25) is 4.79 Å². The summed E-state index contributed by atoms with van der Waals surface area (Å²) < 4.78 is 11.6. The van der Waals surface area contributed by atoms with E-state index in [1.807, 2.05) is 58.2 Å². The smallest absolute Gasteiger partial charge is 0.313 e. The molecule has 0 aliphatic rings. The second kappa shape index (κ2) is 9.23. The second-order valence-corrected chi connectivity index (χ2v) is 6.41. The van der Waals surface area contributed by atoms with Gasteiger partial charge in [0.15, 0.2) is 0 Å². The van der Waals surface area contributed by atoms with Crippen LogP contribution in [0.1, 0.15) is 37.5 Å². The summed E-state index contributed by atoms with van der Waals surface area (Å²) in [4.78, 5) is 11.7. The minimum Gasteiger partial charge on any atom is -0.485 e. The molecule has 4 nitrogen and oxygen atoms in total. The summed E-state index contributed by atoms with van der Waals surface area (Å²) in [5.74, 6) is 0.967. The van der Waals surface area contributed by atoms with E-state index in [1.54, 1.807) is 6.07 Å². The summed E-state index contributed by atoms with van der Waals surface area (Å²) in [5.41, 5.74) is 2.09. The molecule has 0 bridgehead atoms. The highest BCUT2D eigenvalue weighted by Gasteiger charge is 2.15. The van der Waals surface area contributed by atoms with Crippen LogP contribution in [0.2, 0.25) is 0 Å². The van der Waals surface area contributed by atoms with Crippen molar-refractivity contribution in [2.75, 3.05) is 13.6 Å². The molecule has 0 saturated heterocycles. The van der Waals surface area contributed by atoms with E-state index in [0.717, 1.165) is 29.8 Å². The minimum atomic E-state index is -0.232. The topological polar surface area (TPSA) is 47.6 Å². The van der Waals surface area contributed by atoms with Crippen LogP contribution in [0.4, 0.5) is 0 Å².